The van der Waals surface area contributed by atoms with Crippen molar-refractivity contribution in [1.82, 2.24) is 10.2 Å². The molecule has 3 rings (SSSR count). The van der Waals surface area contributed by atoms with Gasteiger partial charge in [-0.15, -0.1) is 0 Å². The molecule has 0 bridgehead atoms. The Labute approximate surface area is 173 Å². The van der Waals surface area contributed by atoms with Crippen molar-refractivity contribution in [1.29, 1.82) is 0 Å². The third kappa shape index (κ3) is 6.36. The molecule has 0 spiro atoms. The van der Waals surface area contributed by atoms with Gasteiger partial charge in [0.05, 0.1) is 5.02 Å². The zero-order valence-electron chi connectivity index (χ0n) is 17.3. The molecule has 0 aromatic heterocycles. The van der Waals surface area contributed by atoms with Crippen molar-refractivity contribution in [2.45, 2.75) is 58.6 Å². The van der Waals surface area contributed by atoms with Crippen molar-refractivity contribution in [3.8, 4) is 5.75 Å². The summed E-state index contributed by atoms with van der Waals surface area (Å²) in [7, 11) is 0. The molecule has 0 radical (unpaired) electrons. The third-order valence-corrected chi connectivity index (χ3v) is 5.57. The van der Waals surface area contributed by atoms with Crippen LogP contribution in [0.5, 0.6) is 5.75 Å². The quantitative estimate of drug-likeness (QED) is 0.795. The van der Waals surface area contributed by atoms with E-state index in [4.69, 9.17) is 21.1 Å². The number of hydrogen-bond acceptors (Lipinski definition) is 4. The first-order valence-electron chi connectivity index (χ1n) is 10.4. The maximum atomic E-state index is 12.5. The van der Waals surface area contributed by atoms with Gasteiger partial charge >= 0.3 is 0 Å². The van der Waals surface area contributed by atoms with Crippen LogP contribution < -0.4 is 10.1 Å². The molecule has 5 nitrogen and oxygen atoms in total. The number of halogens is 1. The monoisotopic (exact) mass is 408 g/mol. The topological polar surface area (TPSA) is 50.8 Å². The Hall–Kier alpha value is -1.30. The average molecular weight is 409 g/mol. The van der Waals surface area contributed by atoms with E-state index in [2.05, 4.69) is 31.0 Å². The average Bonchev–Trinajstić information content (AvgIpc) is 2.64. The van der Waals surface area contributed by atoms with Gasteiger partial charge in [-0.05, 0) is 49.3 Å². The Morgan fingerprint density at radius 1 is 1.21 bits per heavy atom. The van der Waals surface area contributed by atoms with Crippen LogP contribution in [0.15, 0.2) is 18.2 Å². The minimum absolute atomic E-state index is 0.0872. The highest BCUT2D eigenvalue weighted by molar-refractivity contribution is 6.32. The number of amides is 1. The van der Waals surface area contributed by atoms with Gasteiger partial charge in [0.25, 0.3) is 5.91 Å². The second-order valence-corrected chi connectivity index (χ2v) is 9.57. The van der Waals surface area contributed by atoms with E-state index in [-0.39, 0.29) is 18.1 Å². The molecule has 0 aliphatic carbocycles. The van der Waals surface area contributed by atoms with Gasteiger partial charge in [-0.25, -0.2) is 0 Å². The van der Waals surface area contributed by atoms with Gasteiger partial charge in [-0.2, -0.15) is 0 Å². The van der Waals surface area contributed by atoms with Gasteiger partial charge in [0.2, 0.25) is 0 Å². The van der Waals surface area contributed by atoms with E-state index in [1.165, 1.54) is 0 Å². The van der Waals surface area contributed by atoms with E-state index in [0.29, 0.717) is 35.0 Å². The van der Waals surface area contributed by atoms with Gasteiger partial charge in [0.1, 0.15) is 11.9 Å². The summed E-state index contributed by atoms with van der Waals surface area (Å²) in [5.41, 5.74) is 0.891. The molecular weight excluding hydrogens is 376 g/mol. The molecule has 2 saturated heterocycles. The van der Waals surface area contributed by atoms with E-state index in [1.54, 1.807) is 12.1 Å². The van der Waals surface area contributed by atoms with Gasteiger partial charge < -0.3 is 19.7 Å². The molecule has 0 atom stereocenters. The number of nitrogens with one attached hydrogen (secondary N) is 1. The Kier molecular flexibility index (Phi) is 7.24. The molecule has 1 amide bonds. The standard InChI is InChI=1S/C22H33ClN2O3/c1-22(2,3)15-25-10-6-18(7-11-25)28-20-5-4-16(14-19(20)23)21(26)24-17-8-12-27-13-9-17/h4-5,14,17-18H,6-13,15H2,1-3H3,(H,24,26). The molecule has 1 aromatic carbocycles. The van der Waals surface area contributed by atoms with Crippen molar-refractivity contribution < 1.29 is 14.3 Å². The number of carbonyl (C=O) groups excluding carboxylic acids is 1. The van der Waals surface area contributed by atoms with Gasteiger partial charge in [-0.1, -0.05) is 32.4 Å². The summed E-state index contributed by atoms with van der Waals surface area (Å²) in [6.45, 7) is 11.4. The lowest BCUT2D eigenvalue weighted by Crippen LogP contribution is -2.42. The van der Waals surface area contributed by atoms with Gasteiger partial charge in [-0.3, -0.25) is 4.79 Å². The first-order valence-corrected chi connectivity index (χ1v) is 10.8. The predicted molar refractivity (Wildman–Crippen MR) is 112 cm³/mol. The van der Waals surface area contributed by atoms with Gasteiger partial charge in [0, 0.05) is 44.5 Å². The summed E-state index contributed by atoms with van der Waals surface area (Å²) in [5, 5.41) is 3.56. The SMILES string of the molecule is CC(C)(C)CN1CCC(Oc2ccc(C(=O)NC3CCOCC3)cc2Cl)CC1. The summed E-state index contributed by atoms with van der Waals surface area (Å²) < 4.78 is 11.5. The Balaban J connectivity index is 1.51. The molecule has 2 heterocycles. The maximum Gasteiger partial charge on any atom is 0.251 e. The molecule has 156 valence electrons. The normalized spacial score (nSPS) is 20.1. The van der Waals surface area contributed by atoms with Crippen LogP contribution in [-0.4, -0.2) is 55.8 Å². The van der Waals surface area contributed by atoms with E-state index in [9.17, 15) is 4.79 Å². The number of nitrogens with zero attached hydrogens (tertiary/aromatic N) is 1. The van der Waals surface area contributed by atoms with Crippen molar-refractivity contribution in [3.63, 3.8) is 0 Å². The lowest BCUT2D eigenvalue weighted by molar-refractivity contribution is 0.0696. The molecule has 1 aromatic rings. The number of ether oxygens (including phenoxy) is 2. The molecule has 0 saturated carbocycles. The molecule has 2 aliphatic rings. The first kappa shape index (κ1) is 21.4. The van der Waals surface area contributed by atoms with Crippen LogP contribution in [0.3, 0.4) is 0 Å². The smallest absolute Gasteiger partial charge is 0.251 e. The van der Waals surface area contributed by atoms with E-state index < -0.39 is 0 Å². The van der Waals surface area contributed by atoms with Crippen LogP contribution in [0.2, 0.25) is 5.02 Å². The van der Waals surface area contributed by atoms with Crippen LogP contribution in [0.4, 0.5) is 0 Å². The first-order chi connectivity index (χ1) is 13.3. The molecule has 2 aliphatic heterocycles. The maximum absolute atomic E-state index is 12.5. The summed E-state index contributed by atoms with van der Waals surface area (Å²) in [6.07, 6.45) is 3.88. The number of carbonyl (C=O) groups is 1. The molecule has 0 unspecified atom stereocenters. The molecular formula is C22H33ClN2O3. The Morgan fingerprint density at radius 2 is 1.89 bits per heavy atom. The fourth-order valence-electron chi connectivity index (χ4n) is 3.88. The van der Waals surface area contributed by atoms with Crippen LogP contribution in [0.25, 0.3) is 0 Å². The van der Waals surface area contributed by atoms with E-state index in [0.717, 1.165) is 45.3 Å². The number of hydrogen-bond donors (Lipinski definition) is 1. The van der Waals surface area contributed by atoms with Crippen LogP contribution in [0.1, 0.15) is 56.8 Å². The van der Waals surface area contributed by atoms with Crippen LogP contribution >= 0.6 is 11.6 Å². The predicted octanol–water partition coefficient (Wildman–Crippen LogP) is 4.14. The summed E-state index contributed by atoms with van der Waals surface area (Å²) in [5.74, 6) is 0.578. The van der Waals surface area contributed by atoms with E-state index >= 15 is 0 Å². The largest absolute Gasteiger partial charge is 0.489 e. The van der Waals surface area contributed by atoms with Crippen molar-refractivity contribution in [2.24, 2.45) is 5.41 Å². The molecule has 2 fully saturated rings. The van der Waals surface area contributed by atoms with Crippen LogP contribution in [0, 0.1) is 5.41 Å². The fraction of sp³-hybridized carbons (Fsp3) is 0.682. The number of rotatable bonds is 5. The minimum atomic E-state index is -0.0872. The number of benzene rings is 1. The second kappa shape index (κ2) is 9.47. The highest BCUT2D eigenvalue weighted by Crippen LogP contribution is 2.29. The molecule has 28 heavy (non-hydrogen) atoms. The van der Waals surface area contributed by atoms with Crippen molar-refractivity contribution in [2.75, 3.05) is 32.8 Å². The Bertz CT molecular complexity index is 660. The summed E-state index contributed by atoms with van der Waals surface area (Å²) in [4.78, 5) is 15.0. The van der Waals surface area contributed by atoms with Gasteiger partial charge in [0.15, 0.2) is 0 Å². The number of likely N-dealkylation sites (tertiary alicyclic amines) is 1. The molecule has 1 N–H and O–H groups in total. The number of piperidine rings is 1. The van der Waals surface area contributed by atoms with E-state index in [1.807, 2.05) is 6.07 Å². The zero-order valence-corrected chi connectivity index (χ0v) is 18.1. The van der Waals surface area contributed by atoms with Crippen LogP contribution in [-0.2, 0) is 4.74 Å². The highest BCUT2D eigenvalue weighted by atomic mass is 35.5. The second-order valence-electron chi connectivity index (χ2n) is 9.16. The lowest BCUT2D eigenvalue weighted by Gasteiger charge is -2.36. The fourth-order valence-corrected chi connectivity index (χ4v) is 4.11. The Morgan fingerprint density at radius 3 is 2.50 bits per heavy atom. The van der Waals surface area contributed by atoms with Crippen molar-refractivity contribution in [3.05, 3.63) is 28.8 Å². The lowest BCUT2D eigenvalue weighted by atomic mass is 9.94. The minimum Gasteiger partial charge on any atom is -0.489 e. The third-order valence-electron chi connectivity index (χ3n) is 5.28. The highest BCUT2D eigenvalue weighted by Gasteiger charge is 2.25. The summed E-state index contributed by atoms with van der Waals surface area (Å²) >= 11 is 6.42. The zero-order chi connectivity index (χ0) is 20.1. The van der Waals surface area contributed by atoms with Crippen molar-refractivity contribution >= 4 is 17.5 Å². The molecule has 6 heteroatoms. The summed E-state index contributed by atoms with van der Waals surface area (Å²) in [6, 6.07) is 5.50.